The molecule has 150 valence electrons. The molecule has 0 radical (unpaired) electrons. The summed E-state index contributed by atoms with van der Waals surface area (Å²) in [6.07, 6.45) is 1.44. The summed E-state index contributed by atoms with van der Waals surface area (Å²) in [4.78, 5) is 16.7. The van der Waals surface area contributed by atoms with Gasteiger partial charge in [-0.15, -0.1) is 0 Å². The number of carbonyl (C=O) groups excluding carboxylic acids is 1. The molecule has 0 aliphatic carbocycles. The molecule has 2 aliphatic rings. The minimum Gasteiger partial charge on any atom is -0.490 e. The van der Waals surface area contributed by atoms with E-state index in [4.69, 9.17) is 14.2 Å². The number of benzene rings is 1. The first kappa shape index (κ1) is 19.8. The van der Waals surface area contributed by atoms with Gasteiger partial charge in [0.2, 0.25) is 0 Å². The van der Waals surface area contributed by atoms with Gasteiger partial charge in [-0.05, 0) is 63.3 Å². The number of nitrogens with zero attached hydrogens (tertiary/aromatic N) is 2. The second kappa shape index (κ2) is 7.97. The molecule has 1 amide bonds. The second-order valence-electron chi connectivity index (χ2n) is 8.28. The zero-order chi connectivity index (χ0) is 19.6. The number of hydrogen-bond acceptors (Lipinski definition) is 5. The minimum atomic E-state index is -0.471. The number of methoxy groups -OCH3 is 1. The first-order valence-electron chi connectivity index (χ1n) is 9.80. The van der Waals surface area contributed by atoms with Crippen LogP contribution in [0.5, 0.6) is 5.75 Å². The van der Waals surface area contributed by atoms with E-state index in [9.17, 15) is 4.79 Å². The number of anilines is 1. The summed E-state index contributed by atoms with van der Waals surface area (Å²) in [5, 5.41) is 0. The number of amides is 1. The zero-order valence-corrected chi connectivity index (χ0v) is 17.3. The predicted octanol–water partition coefficient (Wildman–Crippen LogP) is 3.18. The topological polar surface area (TPSA) is 51.2 Å². The van der Waals surface area contributed by atoms with Gasteiger partial charge in [0.15, 0.2) is 0 Å². The van der Waals surface area contributed by atoms with E-state index in [1.54, 1.807) is 7.11 Å². The van der Waals surface area contributed by atoms with Crippen LogP contribution >= 0.6 is 0 Å². The monoisotopic (exact) mass is 376 g/mol. The largest absolute Gasteiger partial charge is 0.490 e. The smallest absolute Gasteiger partial charge is 0.410 e. The van der Waals surface area contributed by atoms with Crippen molar-refractivity contribution >= 4 is 11.8 Å². The van der Waals surface area contributed by atoms with Crippen molar-refractivity contribution in [3.05, 3.63) is 22.8 Å². The fourth-order valence-corrected chi connectivity index (χ4v) is 3.88. The Morgan fingerprint density at radius 3 is 2.67 bits per heavy atom. The highest BCUT2D eigenvalue weighted by atomic mass is 16.6. The molecule has 2 heterocycles. The van der Waals surface area contributed by atoms with Crippen LogP contribution in [0.1, 0.15) is 37.5 Å². The van der Waals surface area contributed by atoms with E-state index >= 15 is 0 Å². The first-order valence-corrected chi connectivity index (χ1v) is 9.80. The maximum absolute atomic E-state index is 12.5. The average Bonchev–Trinajstić information content (AvgIpc) is 2.81. The molecule has 1 aromatic carbocycles. The maximum atomic E-state index is 12.5. The molecule has 0 saturated heterocycles. The third-order valence-electron chi connectivity index (χ3n) is 5.17. The predicted molar refractivity (Wildman–Crippen MR) is 106 cm³/mol. The highest BCUT2D eigenvalue weighted by Crippen LogP contribution is 2.39. The van der Waals surface area contributed by atoms with E-state index in [1.165, 1.54) is 22.4 Å². The maximum Gasteiger partial charge on any atom is 0.410 e. The molecule has 0 unspecified atom stereocenters. The minimum absolute atomic E-state index is 0.226. The normalized spacial score (nSPS) is 16.9. The Kier molecular flexibility index (Phi) is 5.84. The molecule has 3 rings (SSSR count). The Balaban J connectivity index is 1.83. The van der Waals surface area contributed by atoms with Gasteiger partial charge in [-0.25, -0.2) is 4.79 Å². The Morgan fingerprint density at radius 2 is 1.96 bits per heavy atom. The first-order chi connectivity index (χ1) is 12.8. The van der Waals surface area contributed by atoms with Gasteiger partial charge in [0.05, 0.1) is 18.8 Å². The number of ether oxygens (including phenoxy) is 3. The van der Waals surface area contributed by atoms with Crippen LogP contribution in [0.25, 0.3) is 0 Å². The van der Waals surface area contributed by atoms with Crippen LogP contribution in [0, 0.1) is 6.92 Å². The molecule has 0 spiro atoms. The van der Waals surface area contributed by atoms with Crippen LogP contribution in [-0.2, 0) is 22.3 Å². The lowest BCUT2D eigenvalue weighted by molar-refractivity contribution is 0.0258. The van der Waals surface area contributed by atoms with Gasteiger partial charge in [-0.2, -0.15) is 0 Å². The molecule has 0 atom stereocenters. The van der Waals surface area contributed by atoms with E-state index in [2.05, 4.69) is 17.9 Å². The highest BCUT2D eigenvalue weighted by Gasteiger charge is 2.28. The summed E-state index contributed by atoms with van der Waals surface area (Å²) in [5.74, 6) is 0.958. The van der Waals surface area contributed by atoms with Crippen molar-refractivity contribution in [2.24, 2.45) is 0 Å². The van der Waals surface area contributed by atoms with E-state index in [0.29, 0.717) is 26.3 Å². The molecule has 6 nitrogen and oxygen atoms in total. The quantitative estimate of drug-likeness (QED) is 0.811. The number of fused-ring (bicyclic) bond motifs is 2. The van der Waals surface area contributed by atoms with Crippen molar-refractivity contribution in [2.45, 2.75) is 46.1 Å². The summed E-state index contributed by atoms with van der Waals surface area (Å²) in [5.41, 5.74) is 4.60. The van der Waals surface area contributed by atoms with Crippen molar-refractivity contribution in [2.75, 3.05) is 51.4 Å². The fraction of sp³-hybridized carbons (Fsp3) is 0.667. The zero-order valence-electron chi connectivity index (χ0n) is 17.3. The molecular weight excluding hydrogens is 344 g/mol. The van der Waals surface area contributed by atoms with E-state index < -0.39 is 5.60 Å². The van der Waals surface area contributed by atoms with Crippen LogP contribution in [0.15, 0.2) is 6.07 Å². The standard InChI is InChI=1S/C21H32N2O4/c1-15-17-7-9-23(20(24)27-21(2,3)4)8-6-16(17)14-18-19(15)22(10-12-25-5)11-13-26-18/h14H,6-13H2,1-5H3. The number of rotatable bonds is 3. The van der Waals surface area contributed by atoms with Crippen LogP contribution < -0.4 is 9.64 Å². The molecule has 27 heavy (non-hydrogen) atoms. The number of hydrogen-bond donors (Lipinski definition) is 0. The lowest BCUT2D eigenvalue weighted by Gasteiger charge is -2.34. The molecule has 0 N–H and O–H groups in total. The van der Waals surface area contributed by atoms with Crippen LogP contribution in [-0.4, -0.2) is 63.1 Å². The van der Waals surface area contributed by atoms with Crippen LogP contribution in [0.2, 0.25) is 0 Å². The molecule has 0 aromatic heterocycles. The molecular formula is C21H32N2O4. The van der Waals surface area contributed by atoms with Gasteiger partial charge < -0.3 is 24.0 Å². The molecule has 1 aromatic rings. The van der Waals surface area contributed by atoms with Crippen molar-refractivity contribution in [3.63, 3.8) is 0 Å². The Morgan fingerprint density at radius 1 is 1.22 bits per heavy atom. The van der Waals surface area contributed by atoms with Crippen molar-refractivity contribution in [1.29, 1.82) is 0 Å². The SMILES string of the molecule is COCCN1CCOc2cc3c(c(C)c21)CCN(C(=O)OC(C)(C)C)CC3. The lowest BCUT2D eigenvalue weighted by atomic mass is 9.94. The van der Waals surface area contributed by atoms with Crippen molar-refractivity contribution in [1.82, 2.24) is 4.90 Å². The summed E-state index contributed by atoms with van der Waals surface area (Å²) in [6, 6.07) is 2.18. The molecule has 0 saturated carbocycles. The van der Waals surface area contributed by atoms with Crippen LogP contribution in [0.4, 0.5) is 10.5 Å². The van der Waals surface area contributed by atoms with Crippen molar-refractivity contribution in [3.8, 4) is 5.75 Å². The van der Waals surface area contributed by atoms with Gasteiger partial charge in [0.25, 0.3) is 0 Å². The molecule has 0 bridgehead atoms. The lowest BCUT2D eigenvalue weighted by Crippen LogP contribution is -2.38. The fourth-order valence-electron chi connectivity index (χ4n) is 3.88. The summed E-state index contributed by atoms with van der Waals surface area (Å²) >= 11 is 0. The number of carbonyl (C=O) groups is 1. The van der Waals surface area contributed by atoms with Gasteiger partial charge in [0, 0.05) is 26.7 Å². The Hall–Kier alpha value is -1.95. The Labute approximate surface area is 162 Å². The van der Waals surface area contributed by atoms with Gasteiger partial charge >= 0.3 is 6.09 Å². The third-order valence-corrected chi connectivity index (χ3v) is 5.17. The summed E-state index contributed by atoms with van der Waals surface area (Å²) in [6.45, 7) is 12.4. The molecule has 0 fully saturated rings. The van der Waals surface area contributed by atoms with Gasteiger partial charge in [0.1, 0.15) is 18.0 Å². The third kappa shape index (κ3) is 4.49. The van der Waals surface area contributed by atoms with Gasteiger partial charge in [-0.3, -0.25) is 0 Å². The average molecular weight is 376 g/mol. The highest BCUT2D eigenvalue weighted by molar-refractivity contribution is 5.71. The van der Waals surface area contributed by atoms with E-state index in [1.807, 2.05) is 25.7 Å². The molecule has 2 aliphatic heterocycles. The van der Waals surface area contributed by atoms with Crippen molar-refractivity contribution < 1.29 is 19.0 Å². The molecule has 6 heteroatoms. The van der Waals surface area contributed by atoms with E-state index in [0.717, 1.165) is 31.7 Å². The second-order valence-corrected chi connectivity index (χ2v) is 8.28. The summed E-state index contributed by atoms with van der Waals surface area (Å²) < 4.78 is 16.8. The Bertz CT molecular complexity index is 696. The van der Waals surface area contributed by atoms with E-state index in [-0.39, 0.29) is 6.09 Å². The van der Waals surface area contributed by atoms with Gasteiger partial charge in [-0.1, -0.05) is 0 Å². The van der Waals surface area contributed by atoms with Crippen LogP contribution in [0.3, 0.4) is 0 Å². The summed E-state index contributed by atoms with van der Waals surface area (Å²) in [7, 11) is 1.73.